The summed E-state index contributed by atoms with van der Waals surface area (Å²) in [4.78, 5) is 23.9. The molecule has 4 N–H and O–H groups in total. The largest absolute Gasteiger partial charge is 0.357 e. The van der Waals surface area contributed by atoms with E-state index < -0.39 is 6.04 Å². The fourth-order valence-corrected chi connectivity index (χ4v) is 2.59. The van der Waals surface area contributed by atoms with E-state index in [9.17, 15) is 9.18 Å². The molecule has 0 unspecified atom stereocenters. The molecule has 2 aromatic heterocycles. The summed E-state index contributed by atoms with van der Waals surface area (Å²) >= 11 is 0. The van der Waals surface area contributed by atoms with Crippen LogP contribution in [-0.4, -0.2) is 38.8 Å². The summed E-state index contributed by atoms with van der Waals surface area (Å²) in [6.07, 6.45) is 3.61. The Labute approximate surface area is 132 Å². The minimum atomic E-state index is -0.637. The number of nitrogens with two attached hydrogens (primary N) is 1. The molecule has 0 saturated heterocycles. The highest BCUT2D eigenvalue weighted by Crippen LogP contribution is 2.17. The smallest absolute Gasteiger partial charge is 0.239 e. The van der Waals surface area contributed by atoms with Crippen LogP contribution in [0.15, 0.2) is 36.8 Å². The first-order chi connectivity index (χ1) is 11.0. The van der Waals surface area contributed by atoms with Crippen LogP contribution in [0.25, 0.3) is 10.9 Å². The van der Waals surface area contributed by atoms with Gasteiger partial charge in [0.1, 0.15) is 5.82 Å². The maximum absolute atomic E-state index is 13.2. The Morgan fingerprint density at radius 3 is 2.96 bits per heavy atom. The number of imidazole rings is 1. The van der Waals surface area contributed by atoms with Gasteiger partial charge in [0.05, 0.1) is 18.9 Å². The van der Waals surface area contributed by atoms with Gasteiger partial charge in [0.2, 0.25) is 5.91 Å². The molecule has 0 saturated carbocycles. The summed E-state index contributed by atoms with van der Waals surface area (Å²) in [6, 6.07) is 5.74. The van der Waals surface area contributed by atoms with Crippen molar-refractivity contribution in [3.63, 3.8) is 0 Å². The zero-order chi connectivity index (χ0) is 16.4. The summed E-state index contributed by atoms with van der Waals surface area (Å²) < 4.78 is 13.2. The van der Waals surface area contributed by atoms with Crippen LogP contribution in [0.2, 0.25) is 0 Å². The molecule has 7 heteroatoms. The average molecular weight is 315 g/mol. The van der Waals surface area contributed by atoms with Crippen LogP contribution in [0.5, 0.6) is 0 Å². The number of nitrogens with zero attached hydrogens (tertiary/aromatic N) is 2. The fourth-order valence-electron chi connectivity index (χ4n) is 2.59. The van der Waals surface area contributed by atoms with Crippen molar-refractivity contribution in [3.8, 4) is 0 Å². The summed E-state index contributed by atoms with van der Waals surface area (Å²) in [7, 11) is 1.70. The number of halogens is 1. The van der Waals surface area contributed by atoms with Gasteiger partial charge >= 0.3 is 0 Å². The number of rotatable bonds is 5. The van der Waals surface area contributed by atoms with Crippen molar-refractivity contribution in [1.82, 2.24) is 19.9 Å². The predicted molar refractivity (Wildman–Crippen MR) is 85.0 cm³/mol. The van der Waals surface area contributed by atoms with Crippen LogP contribution < -0.4 is 5.73 Å². The number of carbonyl (C=O) groups excluding carboxylic acids is 1. The van der Waals surface area contributed by atoms with Gasteiger partial charge in [0.25, 0.3) is 0 Å². The molecule has 23 heavy (non-hydrogen) atoms. The maximum atomic E-state index is 13.2. The number of nitrogens with one attached hydrogen (secondary N) is 2. The topological polar surface area (TPSA) is 90.8 Å². The third-order valence-corrected chi connectivity index (χ3v) is 3.73. The molecule has 1 amide bonds. The van der Waals surface area contributed by atoms with Crippen molar-refractivity contribution in [3.05, 3.63) is 54.0 Å². The molecule has 0 aliphatic heterocycles. The second kappa shape index (κ2) is 6.21. The fraction of sp³-hybridized carbons (Fsp3) is 0.250. The van der Waals surface area contributed by atoms with Crippen LogP contribution in [0.1, 0.15) is 11.4 Å². The van der Waals surface area contributed by atoms with Crippen molar-refractivity contribution in [2.75, 3.05) is 7.05 Å². The Morgan fingerprint density at radius 1 is 1.39 bits per heavy atom. The molecule has 3 rings (SSSR count). The predicted octanol–water partition coefficient (Wildman–Crippen LogP) is 1.56. The lowest BCUT2D eigenvalue weighted by Crippen LogP contribution is -2.42. The molecule has 6 nitrogen and oxygen atoms in total. The van der Waals surface area contributed by atoms with Gasteiger partial charge in [0.15, 0.2) is 0 Å². The van der Waals surface area contributed by atoms with E-state index >= 15 is 0 Å². The second-order valence-corrected chi connectivity index (χ2v) is 5.61. The number of aromatic nitrogens is 3. The van der Waals surface area contributed by atoms with Gasteiger partial charge in [-0.2, -0.15) is 0 Å². The Balaban J connectivity index is 1.66. The van der Waals surface area contributed by atoms with Crippen molar-refractivity contribution in [2.45, 2.75) is 19.0 Å². The lowest BCUT2D eigenvalue weighted by molar-refractivity contribution is -0.131. The van der Waals surface area contributed by atoms with Gasteiger partial charge in [-0.05, 0) is 24.3 Å². The normalized spacial score (nSPS) is 12.5. The summed E-state index contributed by atoms with van der Waals surface area (Å²) in [6.45, 7) is 0.381. The van der Waals surface area contributed by atoms with Crippen LogP contribution in [-0.2, 0) is 17.8 Å². The molecule has 0 radical (unpaired) electrons. The van der Waals surface area contributed by atoms with E-state index in [0.717, 1.165) is 22.3 Å². The van der Waals surface area contributed by atoms with E-state index in [4.69, 9.17) is 5.73 Å². The van der Waals surface area contributed by atoms with Crippen molar-refractivity contribution in [1.29, 1.82) is 0 Å². The average Bonchev–Trinajstić information content (AvgIpc) is 3.14. The number of H-pyrrole nitrogens is 2. The van der Waals surface area contributed by atoms with Crippen LogP contribution in [0.3, 0.4) is 0 Å². The van der Waals surface area contributed by atoms with Crippen LogP contribution in [0, 0.1) is 5.82 Å². The molecule has 2 heterocycles. The number of carbonyl (C=O) groups is 1. The molecular weight excluding hydrogens is 297 g/mol. The van der Waals surface area contributed by atoms with Gasteiger partial charge < -0.3 is 20.6 Å². The Hall–Kier alpha value is -2.67. The van der Waals surface area contributed by atoms with Gasteiger partial charge in [-0.1, -0.05) is 0 Å². The molecule has 0 spiro atoms. The SMILES string of the molecule is CN(Cc1cc2cc(F)ccc2[nH]1)C(=O)[C@@H](N)Cc1cnc[nH]1. The number of aromatic amines is 2. The zero-order valence-electron chi connectivity index (χ0n) is 12.7. The standard InChI is InChI=1S/C16H18FN5O/c1-22(16(23)14(18)6-12-7-19-9-20-12)8-13-5-10-4-11(17)2-3-15(10)21-13/h2-5,7,9,14,21H,6,8,18H2,1H3,(H,19,20)/t14-/m0/s1. The first-order valence-corrected chi connectivity index (χ1v) is 7.28. The molecule has 0 fully saturated rings. The Kier molecular flexibility index (Phi) is 4.12. The Bertz CT molecular complexity index is 811. The van der Waals surface area contributed by atoms with E-state index in [1.807, 2.05) is 6.07 Å². The zero-order valence-corrected chi connectivity index (χ0v) is 12.7. The van der Waals surface area contributed by atoms with E-state index in [1.165, 1.54) is 12.1 Å². The van der Waals surface area contributed by atoms with Gasteiger partial charge in [-0.3, -0.25) is 4.79 Å². The minimum absolute atomic E-state index is 0.163. The number of hydrogen-bond acceptors (Lipinski definition) is 3. The monoisotopic (exact) mass is 315 g/mol. The summed E-state index contributed by atoms with van der Waals surface area (Å²) in [5.41, 5.74) is 8.44. The molecule has 0 bridgehead atoms. The van der Waals surface area contributed by atoms with Gasteiger partial charge in [0, 0.05) is 42.0 Å². The molecule has 3 aromatic rings. The number of hydrogen-bond donors (Lipinski definition) is 3. The number of likely N-dealkylation sites (N-methyl/N-ethyl adjacent to an activating group) is 1. The molecule has 120 valence electrons. The molecule has 0 aliphatic rings. The lowest BCUT2D eigenvalue weighted by atomic mass is 10.1. The summed E-state index contributed by atoms with van der Waals surface area (Å²) in [5.74, 6) is -0.446. The first kappa shape index (κ1) is 15.2. The molecular formula is C16H18FN5O. The summed E-state index contributed by atoms with van der Waals surface area (Å²) in [5, 5.41) is 0.780. The lowest BCUT2D eigenvalue weighted by Gasteiger charge is -2.20. The number of fused-ring (bicyclic) bond motifs is 1. The molecule has 0 aliphatic carbocycles. The van der Waals surface area contributed by atoms with E-state index in [0.29, 0.717) is 13.0 Å². The van der Waals surface area contributed by atoms with Crippen LogP contribution in [0.4, 0.5) is 4.39 Å². The number of amides is 1. The van der Waals surface area contributed by atoms with Crippen molar-refractivity contribution >= 4 is 16.8 Å². The highest BCUT2D eigenvalue weighted by Gasteiger charge is 2.19. The quantitative estimate of drug-likeness (QED) is 0.667. The van der Waals surface area contributed by atoms with E-state index in [1.54, 1.807) is 30.5 Å². The van der Waals surface area contributed by atoms with Crippen molar-refractivity contribution in [2.24, 2.45) is 5.73 Å². The van der Waals surface area contributed by atoms with E-state index in [2.05, 4.69) is 15.0 Å². The molecule has 1 atom stereocenters. The first-order valence-electron chi connectivity index (χ1n) is 7.28. The van der Waals surface area contributed by atoms with Crippen LogP contribution >= 0.6 is 0 Å². The van der Waals surface area contributed by atoms with Crippen molar-refractivity contribution < 1.29 is 9.18 Å². The Morgan fingerprint density at radius 2 is 2.22 bits per heavy atom. The number of benzene rings is 1. The van der Waals surface area contributed by atoms with Gasteiger partial charge in [-0.15, -0.1) is 0 Å². The van der Waals surface area contributed by atoms with Gasteiger partial charge in [-0.25, -0.2) is 9.37 Å². The molecule has 1 aromatic carbocycles. The minimum Gasteiger partial charge on any atom is -0.357 e. The maximum Gasteiger partial charge on any atom is 0.239 e. The highest BCUT2D eigenvalue weighted by atomic mass is 19.1. The highest BCUT2D eigenvalue weighted by molar-refractivity contribution is 5.82. The third-order valence-electron chi connectivity index (χ3n) is 3.73. The van der Waals surface area contributed by atoms with E-state index in [-0.39, 0.29) is 11.7 Å². The third kappa shape index (κ3) is 3.40. The second-order valence-electron chi connectivity index (χ2n) is 5.61.